The first-order valence-corrected chi connectivity index (χ1v) is 10.3. The molecule has 154 valence electrons. The van der Waals surface area contributed by atoms with Crippen molar-refractivity contribution in [2.75, 3.05) is 53.4 Å². The Hall–Kier alpha value is -2.63. The van der Waals surface area contributed by atoms with Crippen molar-refractivity contribution in [3.8, 4) is 5.75 Å². The van der Waals surface area contributed by atoms with Gasteiger partial charge in [-0.05, 0) is 49.3 Å². The number of nitrogens with zero attached hydrogens (tertiary/aromatic N) is 2. The van der Waals surface area contributed by atoms with Crippen molar-refractivity contribution in [2.24, 2.45) is 0 Å². The third-order valence-electron chi connectivity index (χ3n) is 5.29. The first kappa shape index (κ1) is 21.1. The Bertz CT molecular complexity index is 795. The van der Waals surface area contributed by atoms with Crippen LogP contribution in [0.15, 0.2) is 54.6 Å². The SMILES string of the molecule is COc1ccc(/C=C(/C(=O)NCCCN2CCN(C)CC2)c2ccccc2)cc1. The average Bonchev–Trinajstić information content (AvgIpc) is 2.77. The van der Waals surface area contributed by atoms with Crippen LogP contribution in [-0.2, 0) is 4.79 Å². The summed E-state index contributed by atoms with van der Waals surface area (Å²) in [7, 11) is 3.81. The Balaban J connectivity index is 1.61. The summed E-state index contributed by atoms with van der Waals surface area (Å²) in [5, 5.41) is 3.10. The van der Waals surface area contributed by atoms with Crippen molar-refractivity contribution in [3.05, 3.63) is 65.7 Å². The maximum absolute atomic E-state index is 12.9. The Morgan fingerprint density at radius 1 is 1.03 bits per heavy atom. The molecule has 1 aliphatic heterocycles. The molecule has 1 amide bonds. The summed E-state index contributed by atoms with van der Waals surface area (Å²) >= 11 is 0. The molecular formula is C24H31N3O2. The molecule has 0 saturated carbocycles. The van der Waals surface area contributed by atoms with E-state index in [-0.39, 0.29) is 5.91 Å². The van der Waals surface area contributed by atoms with E-state index in [1.54, 1.807) is 7.11 Å². The molecule has 0 aromatic heterocycles. The number of methoxy groups -OCH3 is 1. The smallest absolute Gasteiger partial charge is 0.251 e. The molecule has 29 heavy (non-hydrogen) atoms. The van der Waals surface area contributed by atoms with Gasteiger partial charge in [0, 0.05) is 38.3 Å². The number of amides is 1. The van der Waals surface area contributed by atoms with Gasteiger partial charge in [0.15, 0.2) is 0 Å². The predicted octanol–water partition coefficient (Wildman–Crippen LogP) is 2.99. The molecule has 0 radical (unpaired) electrons. The van der Waals surface area contributed by atoms with Gasteiger partial charge in [0.25, 0.3) is 5.91 Å². The summed E-state index contributed by atoms with van der Waals surface area (Å²) in [6, 6.07) is 17.5. The number of hydrogen-bond donors (Lipinski definition) is 1. The summed E-state index contributed by atoms with van der Waals surface area (Å²) in [5.74, 6) is 0.766. The second kappa shape index (κ2) is 10.8. The van der Waals surface area contributed by atoms with Crippen molar-refractivity contribution in [2.45, 2.75) is 6.42 Å². The molecule has 1 fully saturated rings. The van der Waals surface area contributed by atoms with E-state index in [9.17, 15) is 4.79 Å². The highest BCUT2D eigenvalue weighted by atomic mass is 16.5. The number of nitrogens with one attached hydrogen (secondary N) is 1. The normalized spacial score (nSPS) is 15.9. The largest absolute Gasteiger partial charge is 0.497 e. The Morgan fingerprint density at radius 2 is 1.72 bits per heavy atom. The molecule has 1 saturated heterocycles. The van der Waals surface area contributed by atoms with Crippen LogP contribution in [0.3, 0.4) is 0 Å². The van der Waals surface area contributed by atoms with Gasteiger partial charge in [-0.1, -0.05) is 42.5 Å². The quantitative estimate of drug-likeness (QED) is 0.425. The fourth-order valence-electron chi connectivity index (χ4n) is 3.44. The fraction of sp³-hybridized carbons (Fsp3) is 0.375. The third-order valence-corrected chi connectivity index (χ3v) is 5.29. The van der Waals surface area contributed by atoms with Gasteiger partial charge in [0.05, 0.1) is 7.11 Å². The second-order valence-corrected chi connectivity index (χ2v) is 7.45. The lowest BCUT2D eigenvalue weighted by Crippen LogP contribution is -2.45. The highest BCUT2D eigenvalue weighted by molar-refractivity contribution is 6.24. The molecular weight excluding hydrogens is 362 g/mol. The molecule has 0 spiro atoms. The topological polar surface area (TPSA) is 44.8 Å². The fourth-order valence-corrected chi connectivity index (χ4v) is 3.44. The van der Waals surface area contributed by atoms with Crippen molar-refractivity contribution in [1.82, 2.24) is 15.1 Å². The lowest BCUT2D eigenvalue weighted by molar-refractivity contribution is -0.115. The molecule has 0 aliphatic carbocycles. The van der Waals surface area contributed by atoms with Crippen LogP contribution < -0.4 is 10.1 Å². The van der Waals surface area contributed by atoms with Gasteiger partial charge in [-0.2, -0.15) is 0 Å². The molecule has 1 heterocycles. The molecule has 1 N–H and O–H groups in total. The van der Waals surface area contributed by atoms with E-state index < -0.39 is 0 Å². The minimum absolute atomic E-state index is 0.0367. The minimum Gasteiger partial charge on any atom is -0.497 e. The van der Waals surface area contributed by atoms with Gasteiger partial charge < -0.3 is 19.9 Å². The number of carbonyl (C=O) groups excluding carboxylic acids is 1. The van der Waals surface area contributed by atoms with Crippen LogP contribution in [-0.4, -0.2) is 69.1 Å². The molecule has 5 nitrogen and oxygen atoms in total. The zero-order valence-corrected chi connectivity index (χ0v) is 17.4. The van der Waals surface area contributed by atoms with Crippen LogP contribution in [0.4, 0.5) is 0 Å². The lowest BCUT2D eigenvalue weighted by Gasteiger charge is -2.32. The van der Waals surface area contributed by atoms with Crippen LogP contribution in [0, 0.1) is 0 Å². The number of likely N-dealkylation sites (N-methyl/N-ethyl adjacent to an activating group) is 1. The van der Waals surface area contributed by atoms with E-state index in [2.05, 4.69) is 22.2 Å². The maximum Gasteiger partial charge on any atom is 0.251 e. The first-order valence-electron chi connectivity index (χ1n) is 10.3. The number of carbonyl (C=O) groups is 1. The number of benzene rings is 2. The zero-order chi connectivity index (χ0) is 20.5. The molecule has 2 aromatic rings. The summed E-state index contributed by atoms with van der Waals surface area (Å²) in [4.78, 5) is 17.8. The van der Waals surface area contributed by atoms with E-state index in [4.69, 9.17) is 4.74 Å². The van der Waals surface area contributed by atoms with E-state index in [0.29, 0.717) is 12.1 Å². The van der Waals surface area contributed by atoms with Gasteiger partial charge in [0.1, 0.15) is 5.75 Å². The van der Waals surface area contributed by atoms with E-state index in [1.807, 2.05) is 60.7 Å². The van der Waals surface area contributed by atoms with Gasteiger partial charge in [-0.25, -0.2) is 0 Å². The minimum atomic E-state index is -0.0367. The van der Waals surface area contributed by atoms with Crippen LogP contribution in [0.5, 0.6) is 5.75 Å². The van der Waals surface area contributed by atoms with Crippen LogP contribution in [0.1, 0.15) is 17.5 Å². The maximum atomic E-state index is 12.9. The van der Waals surface area contributed by atoms with Crippen molar-refractivity contribution < 1.29 is 9.53 Å². The van der Waals surface area contributed by atoms with Crippen molar-refractivity contribution >= 4 is 17.6 Å². The van der Waals surface area contributed by atoms with Crippen molar-refractivity contribution in [3.63, 3.8) is 0 Å². The van der Waals surface area contributed by atoms with Crippen LogP contribution >= 0.6 is 0 Å². The number of ether oxygens (including phenoxy) is 1. The summed E-state index contributed by atoms with van der Waals surface area (Å²) in [6.07, 6.45) is 2.89. The first-order chi connectivity index (χ1) is 14.2. The molecule has 3 rings (SSSR count). The Kier molecular flexibility index (Phi) is 7.85. The Morgan fingerprint density at radius 3 is 2.38 bits per heavy atom. The Labute approximate surface area is 174 Å². The van der Waals surface area contributed by atoms with Gasteiger partial charge >= 0.3 is 0 Å². The lowest BCUT2D eigenvalue weighted by atomic mass is 10.0. The van der Waals surface area contributed by atoms with Gasteiger partial charge in [-0.15, -0.1) is 0 Å². The zero-order valence-electron chi connectivity index (χ0n) is 17.4. The summed E-state index contributed by atoms with van der Waals surface area (Å²) < 4.78 is 5.22. The van der Waals surface area contributed by atoms with Gasteiger partial charge in [-0.3, -0.25) is 4.79 Å². The van der Waals surface area contributed by atoms with E-state index in [0.717, 1.165) is 56.0 Å². The van der Waals surface area contributed by atoms with E-state index >= 15 is 0 Å². The molecule has 0 unspecified atom stereocenters. The predicted molar refractivity (Wildman–Crippen MR) is 119 cm³/mol. The highest BCUT2D eigenvalue weighted by Gasteiger charge is 2.14. The third kappa shape index (κ3) is 6.44. The number of hydrogen-bond acceptors (Lipinski definition) is 4. The van der Waals surface area contributed by atoms with Gasteiger partial charge in [0.2, 0.25) is 0 Å². The molecule has 5 heteroatoms. The molecule has 0 atom stereocenters. The summed E-state index contributed by atoms with van der Waals surface area (Å²) in [6.45, 7) is 6.16. The summed E-state index contributed by atoms with van der Waals surface area (Å²) in [5.41, 5.74) is 2.56. The van der Waals surface area contributed by atoms with Crippen LogP contribution in [0.2, 0.25) is 0 Å². The second-order valence-electron chi connectivity index (χ2n) is 7.45. The number of piperazine rings is 1. The molecule has 1 aliphatic rings. The molecule has 2 aromatic carbocycles. The van der Waals surface area contributed by atoms with E-state index in [1.165, 1.54) is 0 Å². The van der Waals surface area contributed by atoms with Crippen molar-refractivity contribution in [1.29, 1.82) is 0 Å². The van der Waals surface area contributed by atoms with Crippen LogP contribution in [0.25, 0.3) is 11.6 Å². The average molecular weight is 394 g/mol. The highest BCUT2D eigenvalue weighted by Crippen LogP contribution is 2.20. The number of rotatable bonds is 8. The standard InChI is InChI=1S/C24H31N3O2/c1-26-15-17-27(18-16-26)14-6-13-25-24(28)23(21-7-4-3-5-8-21)19-20-9-11-22(29-2)12-10-20/h3-5,7-12,19H,6,13-18H2,1-2H3,(H,25,28)/b23-19+. The molecule has 0 bridgehead atoms. The monoisotopic (exact) mass is 393 g/mol.